The van der Waals surface area contributed by atoms with Crippen molar-refractivity contribution in [1.29, 1.82) is 0 Å². The Labute approximate surface area is 613 Å². The normalized spacial score (nSPS) is 14.0. The van der Waals surface area contributed by atoms with Gasteiger partial charge in [-0.3, -0.25) is 37.3 Å². The summed E-state index contributed by atoms with van der Waals surface area (Å²) in [5, 5.41) is 10.6. The molecule has 19 heteroatoms. The van der Waals surface area contributed by atoms with E-state index in [1.165, 1.54) is 231 Å². The Balaban J connectivity index is 5.19. The lowest BCUT2D eigenvalue weighted by molar-refractivity contribution is -0.161. The average molecular weight is 1470 g/mol. The molecule has 0 spiro atoms. The highest BCUT2D eigenvalue weighted by Crippen LogP contribution is 2.45. The Bertz CT molecular complexity index is 1940. The smallest absolute Gasteiger partial charge is 0.462 e. The lowest BCUT2D eigenvalue weighted by Crippen LogP contribution is -2.30. The van der Waals surface area contributed by atoms with E-state index in [9.17, 15) is 43.2 Å². The van der Waals surface area contributed by atoms with E-state index in [1.807, 2.05) is 0 Å². The summed E-state index contributed by atoms with van der Waals surface area (Å²) in [7, 11) is -9.92. The number of carbonyl (C=O) groups excluding carboxylic acids is 4. The summed E-state index contributed by atoms with van der Waals surface area (Å²) >= 11 is 0. The Hall–Kier alpha value is -1.94. The summed E-state index contributed by atoms with van der Waals surface area (Å²) in [6, 6.07) is 0. The fourth-order valence-corrected chi connectivity index (χ4v) is 14.1. The number of phosphoric ester groups is 2. The van der Waals surface area contributed by atoms with Gasteiger partial charge in [-0.05, 0) is 43.4 Å². The number of hydrogen-bond donors (Lipinski definition) is 3. The van der Waals surface area contributed by atoms with Crippen LogP contribution >= 0.6 is 15.6 Å². The number of phosphoric acid groups is 2. The number of rotatable bonds is 79. The zero-order chi connectivity index (χ0) is 73.7. The lowest BCUT2D eigenvalue weighted by atomic mass is 10.0. The van der Waals surface area contributed by atoms with Gasteiger partial charge in [-0.15, -0.1) is 0 Å². The van der Waals surface area contributed by atoms with Gasteiger partial charge in [0.25, 0.3) is 0 Å². The molecule has 594 valence electrons. The summed E-state index contributed by atoms with van der Waals surface area (Å²) < 4.78 is 68.6. The van der Waals surface area contributed by atoms with E-state index in [2.05, 4.69) is 48.5 Å². The Morgan fingerprint density at radius 3 is 0.680 bits per heavy atom. The van der Waals surface area contributed by atoms with Crippen LogP contribution in [0.5, 0.6) is 0 Å². The van der Waals surface area contributed by atoms with Crippen LogP contribution in [0.1, 0.15) is 421 Å². The van der Waals surface area contributed by atoms with E-state index in [0.717, 1.165) is 102 Å². The molecule has 0 bridgehead atoms. The minimum Gasteiger partial charge on any atom is -0.462 e. The molecule has 2 unspecified atom stereocenters. The third-order valence-electron chi connectivity index (χ3n) is 18.9. The molecule has 0 saturated carbocycles. The quantitative estimate of drug-likeness (QED) is 0.0222. The minimum atomic E-state index is -4.96. The number of esters is 4. The number of unbranched alkanes of at least 4 members (excludes halogenated alkanes) is 47. The largest absolute Gasteiger partial charge is 0.472 e. The van der Waals surface area contributed by atoms with Gasteiger partial charge in [-0.1, -0.05) is 370 Å². The van der Waals surface area contributed by atoms with Crippen LogP contribution in [0.2, 0.25) is 0 Å². The van der Waals surface area contributed by atoms with Crippen LogP contribution in [-0.2, 0) is 65.4 Å². The van der Waals surface area contributed by atoms with Crippen molar-refractivity contribution in [2.24, 2.45) is 17.8 Å². The molecular weight excluding hydrogens is 1310 g/mol. The first-order valence-corrected chi connectivity index (χ1v) is 44.8. The van der Waals surface area contributed by atoms with Crippen molar-refractivity contribution >= 4 is 39.5 Å². The minimum absolute atomic E-state index is 0.104. The third-order valence-corrected chi connectivity index (χ3v) is 20.8. The summed E-state index contributed by atoms with van der Waals surface area (Å²) in [6.45, 7) is 11.9. The summed E-state index contributed by atoms with van der Waals surface area (Å²) in [5.41, 5.74) is 0. The van der Waals surface area contributed by atoms with E-state index < -0.39 is 97.5 Å². The summed E-state index contributed by atoms with van der Waals surface area (Å²) in [4.78, 5) is 72.9. The fraction of sp³-hybridized carbons (Fsp3) is 0.951. The van der Waals surface area contributed by atoms with E-state index in [0.29, 0.717) is 31.6 Å². The summed E-state index contributed by atoms with van der Waals surface area (Å²) in [6.07, 6.45) is 59.9. The molecule has 0 radical (unpaired) electrons. The molecule has 0 aromatic heterocycles. The molecule has 0 amide bonds. The van der Waals surface area contributed by atoms with Crippen molar-refractivity contribution in [2.45, 2.75) is 439 Å². The molecule has 0 aromatic carbocycles. The van der Waals surface area contributed by atoms with Gasteiger partial charge in [-0.2, -0.15) is 0 Å². The Morgan fingerprint density at radius 2 is 0.460 bits per heavy atom. The highest BCUT2D eigenvalue weighted by molar-refractivity contribution is 7.47. The maximum Gasteiger partial charge on any atom is 0.472 e. The average Bonchev–Trinajstić information content (AvgIpc) is 0.961. The molecule has 3 N–H and O–H groups in total. The van der Waals surface area contributed by atoms with Crippen LogP contribution in [0.25, 0.3) is 0 Å². The van der Waals surface area contributed by atoms with E-state index >= 15 is 0 Å². The standard InChI is InChI=1S/C81H158O17P2/c1-8-9-10-11-12-13-34-41-48-55-62-78(83)91-69-77(98-81(86)65-58-51-44-37-40-47-54-61-74(6)7)71-96-100(89,90)94-67-75(82)66-93-99(87,88)95-70-76(68-92-79(84)63-56-49-42-35-30-26-22-19-18-21-25-29-33-39-46-53-60-73(4)5)97-80(85)64-57-50-43-36-31-27-23-17-15-14-16-20-24-28-32-38-45-52-59-72(2)3/h72-77,82H,8-71H2,1-7H3,(H,87,88)(H,89,90)/t75-,76-,77-/m1/s1. The van der Waals surface area contributed by atoms with Gasteiger partial charge >= 0.3 is 39.5 Å². The first kappa shape index (κ1) is 98.1. The van der Waals surface area contributed by atoms with Crippen molar-refractivity contribution in [2.75, 3.05) is 39.6 Å². The molecule has 0 aliphatic carbocycles. The highest BCUT2D eigenvalue weighted by Gasteiger charge is 2.30. The van der Waals surface area contributed by atoms with Crippen molar-refractivity contribution in [3.63, 3.8) is 0 Å². The maximum absolute atomic E-state index is 13.1. The van der Waals surface area contributed by atoms with Gasteiger partial charge < -0.3 is 33.8 Å². The number of hydrogen-bond acceptors (Lipinski definition) is 15. The number of ether oxygens (including phenoxy) is 4. The molecule has 0 aliphatic heterocycles. The molecule has 0 heterocycles. The van der Waals surface area contributed by atoms with Crippen LogP contribution in [0.4, 0.5) is 0 Å². The topological polar surface area (TPSA) is 237 Å². The number of aliphatic hydroxyl groups excluding tert-OH is 1. The SMILES string of the molecule is CCCCCCCCCCCCC(=O)OC[C@H](COP(=O)(O)OC[C@H](O)COP(=O)(O)OC[C@@H](COC(=O)CCCCCCCCCCCCCCCCCCC(C)C)OC(=O)CCCCCCCCCCCCCCCCCCCCC(C)C)OC(=O)CCCCCCCCCC(C)C. The molecule has 0 rings (SSSR count). The Kier molecular flexibility index (Phi) is 69.9. The molecular formula is C81H158O17P2. The predicted molar refractivity (Wildman–Crippen MR) is 409 cm³/mol. The van der Waals surface area contributed by atoms with Crippen LogP contribution < -0.4 is 0 Å². The highest BCUT2D eigenvalue weighted by atomic mass is 31.2. The van der Waals surface area contributed by atoms with Crippen LogP contribution in [-0.4, -0.2) is 96.7 Å². The van der Waals surface area contributed by atoms with Crippen LogP contribution in [0.15, 0.2) is 0 Å². The number of aliphatic hydroxyl groups is 1. The van der Waals surface area contributed by atoms with Gasteiger partial charge in [0.2, 0.25) is 0 Å². The molecule has 0 saturated heterocycles. The van der Waals surface area contributed by atoms with E-state index in [1.54, 1.807) is 0 Å². The van der Waals surface area contributed by atoms with Gasteiger partial charge in [0.1, 0.15) is 19.3 Å². The van der Waals surface area contributed by atoms with Crippen molar-refractivity contribution in [3.05, 3.63) is 0 Å². The molecule has 17 nitrogen and oxygen atoms in total. The molecule has 100 heavy (non-hydrogen) atoms. The first-order chi connectivity index (χ1) is 48.2. The second-order valence-electron chi connectivity index (χ2n) is 30.6. The molecule has 0 aromatic rings. The van der Waals surface area contributed by atoms with Crippen molar-refractivity contribution < 1.29 is 80.2 Å². The molecule has 0 fully saturated rings. The third kappa shape index (κ3) is 74.3. The van der Waals surface area contributed by atoms with Crippen molar-refractivity contribution in [3.8, 4) is 0 Å². The first-order valence-electron chi connectivity index (χ1n) is 41.8. The van der Waals surface area contributed by atoms with E-state index in [4.69, 9.17) is 37.0 Å². The second kappa shape index (κ2) is 71.3. The predicted octanol–water partition coefficient (Wildman–Crippen LogP) is 24.1. The molecule has 5 atom stereocenters. The molecule has 0 aliphatic rings. The second-order valence-corrected chi connectivity index (χ2v) is 33.5. The van der Waals surface area contributed by atoms with Gasteiger partial charge in [0.05, 0.1) is 26.4 Å². The van der Waals surface area contributed by atoms with Crippen molar-refractivity contribution in [1.82, 2.24) is 0 Å². The van der Waals surface area contributed by atoms with Gasteiger partial charge in [0, 0.05) is 25.7 Å². The zero-order valence-electron chi connectivity index (χ0n) is 65.7. The van der Waals surface area contributed by atoms with Crippen LogP contribution in [0.3, 0.4) is 0 Å². The maximum atomic E-state index is 13.1. The summed E-state index contributed by atoms with van der Waals surface area (Å²) in [5.74, 6) is 0.214. The van der Waals surface area contributed by atoms with Gasteiger partial charge in [-0.25, -0.2) is 9.13 Å². The lowest BCUT2D eigenvalue weighted by Gasteiger charge is -2.21. The van der Waals surface area contributed by atoms with E-state index in [-0.39, 0.29) is 25.7 Å². The zero-order valence-corrected chi connectivity index (χ0v) is 67.5. The van der Waals surface area contributed by atoms with Gasteiger partial charge in [0.15, 0.2) is 12.2 Å². The number of carbonyl (C=O) groups is 4. The van der Waals surface area contributed by atoms with Crippen LogP contribution in [0, 0.1) is 17.8 Å². The monoisotopic (exact) mass is 1470 g/mol. The fourth-order valence-electron chi connectivity index (χ4n) is 12.5. The Morgan fingerprint density at radius 1 is 0.270 bits per heavy atom.